The van der Waals surface area contributed by atoms with E-state index < -0.39 is 28.5 Å². The average molecular weight is 494 g/mol. The van der Waals surface area contributed by atoms with Crippen LogP contribution in [-0.2, 0) is 22.2 Å². The van der Waals surface area contributed by atoms with Gasteiger partial charge in [0.05, 0.1) is 29.3 Å². The van der Waals surface area contributed by atoms with Gasteiger partial charge in [0.25, 0.3) is 5.91 Å². The Morgan fingerprint density at radius 2 is 1.66 bits per heavy atom. The van der Waals surface area contributed by atoms with E-state index in [-0.39, 0.29) is 23.7 Å². The summed E-state index contributed by atoms with van der Waals surface area (Å²) in [7, 11) is 0. The van der Waals surface area contributed by atoms with E-state index in [4.69, 9.17) is 4.42 Å². The van der Waals surface area contributed by atoms with E-state index in [1.807, 2.05) is 53.7 Å². The molecule has 3 heterocycles. The summed E-state index contributed by atoms with van der Waals surface area (Å²) < 4.78 is 5.49. The summed E-state index contributed by atoms with van der Waals surface area (Å²) in [6.45, 7) is 12.1. The first-order valence-corrected chi connectivity index (χ1v) is 12.4. The molecule has 1 amide bonds. The van der Waals surface area contributed by atoms with Crippen molar-refractivity contribution >= 4 is 23.0 Å². The number of rotatable bonds is 5. The highest BCUT2D eigenvalue weighted by Gasteiger charge is 2.45. The lowest BCUT2D eigenvalue weighted by Crippen LogP contribution is -2.31. The monoisotopic (exact) mass is 493 g/mol. The third-order valence-electron chi connectivity index (χ3n) is 6.26. The highest BCUT2D eigenvalue weighted by molar-refractivity contribution is 7.12. The number of benzene rings is 1. The molecule has 184 valence electrons. The van der Waals surface area contributed by atoms with Gasteiger partial charge in [-0.15, -0.1) is 11.3 Å². The van der Waals surface area contributed by atoms with Crippen molar-refractivity contribution < 1.29 is 24.2 Å². The first-order valence-electron chi connectivity index (χ1n) is 11.5. The lowest BCUT2D eigenvalue weighted by Gasteiger charge is -2.32. The summed E-state index contributed by atoms with van der Waals surface area (Å²) in [5.41, 5.74) is 1.30. The summed E-state index contributed by atoms with van der Waals surface area (Å²) in [4.78, 5) is 28.8. The summed E-state index contributed by atoms with van der Waals surface area (Å²) in [6.07, 6.45) is 1.52. The van der Waals surface area contributed by atoms with E-state index in [2.05, 4.69) is 0 Å². The largest absolute Gasteiger partial charge is 0.507 e. The lowest BCUT2D eigenvalue weighted by atomic mass is 9.77. The summed E-state index contributed by atoms with van der Waals surface area (Å²) in [5.74, 6) is -0.834. The maximum Gasteiger partial charge on any atom is 0.290 e. The normalized spacial score (nSPS) is 16.9. The molecule has 1 aliphatic rings. The maximum absolute atomic E-state index is 13.6. The Kier molecular flexibility index (Phi) is 6.18. The van der Waals surface area contributed by atoms with Gasteiger partial charge in [0.2, 0.25) is 5.78 Å². The predicted molar refractivity (Wildman–Crippen MR) is 136 cm³/mol. The second-order valence-electron chi connectivity index (χ2n) is 10.9. The number of Topliss-reactive ketones (excluding diaryl/α,β-unsaturated/α-hetero) is 1. The number of aliphatic hydroxyl groups excluding tert-OH is 1. The molecule has 2 aromatic heterocycles. The Balaban J connectivity index is 1.96. The number of nitrogens with zero attached hydrogens (tertiary/aromatic N) is 1. The minimum absolute atomic E-state index is 0.0365. The number of hydrogen-bond donors (Lipinski definition) is 2. The molecule has 7 heteroatoms. The zero-order valence-electron chi connectivity index (χ0n) is 20.9. The van der Waals surface area contributed by atoms with Crippen molar-refractivity contribution in [3.63, 3.8) is 0 Å². The predicted octanol–water partition coefficient (Wildman–Crippen LogP) is 6.42. The number of phenols is 1. The lowest BCUT2D eigenvalue weighted by molar-refractivity contribution is -0.130. The van der Waals surface area contributed by atoms with Gasteiger partial charge in [-0.3, -0.25) is 9.59 Å². The molecule has 2 N–H and O–H groups in total. The van der Waals surface area contributed by atoms with Gasteiger partial charge in [-0.2, -0.15) is 0 Å². The molecule has 0 saturated heterocycles. The van der Waals surface area contributed by atoms with Gasteiger partial charge in [-0.1, -0.05) is 47.6 Å². The second kappa shape index (κ2) is 8.72. The molecule has 1 atom stereocenters. The molecule has 0 aliphatic carbocycles. The second-order valence-corrected chi connectivity index (χ2v) is 11.9. The van der Waals surface area contributed by atoms with Crippen LogP contribution in [0.5, 0.6) is 5.75 Å². The molecule has 0 radical (unpaired) electrons. The molecule has 3 aromatic rings. The van der Waals surface area contributed by atoms with Crippen LogP contribution in [0.15, 0.2) is 63.8 Å². The average Bonchev–Trinajstić information content (AvgIpc) is 3.51. The van der Waals surface area contributed by atoms with Gasteiger partial charge >= 0.3 is 0 Å². The van der Waals surface area contributed by atoms with Gasteiger partial charge in [-0.05, 0) is 63.2 Å². The van der Waals surface area contributed by atoms with Crippen LogP contribution < -0.4 is 0 Å². The molecule has 0 saturated carbocycles. The highest BCUT2D eigenvalue weighted by atomic mass is 32.1. The zero-order valence-corrected chi connectivity index (χ0v) is 21.7. The number of hydrogen-bond acceptors (Lipinski definition) is 6. The van der Waals surface area contributed by atoms with Gasteiger partial charge in [0.1, 0.15) is 11.5 Å². The molecule has 0 fully saturated rings. The van der Waals surface area contributed by atoms with Crippen LogP contribution >= 0.6 is 11.3 Å². The van der Waals surface area contributed by atoms with Crippen LogP contribution in [0.25, 0.3) is 0 Å². The molecule has 1 unspecified atom stereocenters. The van der Waals surface area contributed by atoms with Crippen LogP contribution in [0.2, 0.25) is 0 Å². The number of ketones is 1. The Hall–Kier alpha value is -3.32. The number of amides is 1. The highest BCUT2D eigenvalue weighted by Crippen LogP contribution is 2.46. The van der Waals surface area contributed by atoms with Crippen LogP contribution in [0.1, 0.15) is 79.7 Å². The molecular formula is C28H31NO5S. The first kappa shape index (κ1) is 24.8. The SMILES string of the molecule is CC(C)(C)c1cc(C2C(C(=O)c3cccs3)=C(O)C(=O)N2Cc2ccco2)cc(C(C)(C)C)c1O. The van der Waals surface area contributed by atoms with Crippen LogP contribution in [0.4, 0.5) is 0 Å². The fraction of sp³-hybridized carbons (Fsp3) is 0.357. The van der Waals surface area contributed by atoms with Gasteiger partial charge in [-0.25, -0.2) is 0 Å². The smallest absolute Gasteiger partial charge is 0.290 e. The van der Waals surface area contributed by atoms with Crippen LogP contribution in [0, 0.1) is 0 Å². The fourth-order valence-electron chi connectivity index (χ4n) is 4.46. The third kappa shape index (κ3) is 4.52. The van der Waals surface area contributed by atoms with Crippen molar-refractivity contribution in [3.05, 3.63) is 86.7 Å². The standard InChI is InChI=1S/C28H31NO5S/c1-27(2,3)18-13-16(14-19(23(18)30)28(4,5)6)22-21(24(31)20-10-8-12-35-20)25(32)26(33)29(22)15-17-9-7-11-34-17/h7-14,22,30,32H,15H2,1-6H3. The number of aromatic hydroxyl groups is 1. The molecule has 0 spiro atoms. The number of aliphatic hydroxyl groups is 1. The topological polar surface area (TPSA) is 91.0 Å². The summed E-state index contributed by atoms with van der Waals surface area (Å²) in [5, 5.41) is 24.0. The zero-order chi connectivity index (χ0) is 25.7. The molecule has 1 aliphatic heterocycles. The minimum atomic E-state index is -0.843. The van der Waals surface area contributed by atoms with Gasteiger partial charge in [0.15, 0.2) is 5.76 Å². The van der Waals surface area contributed by atoms with E-state index in [0.29, 0.717) is 27.3 Å². The quantitative estimate of drug-likeness (QED) is 0.400. The number of furan rings is 1. The third-order valence-corrected chi connectivity index (χ3v) is 7.13. The van der Waals surface area contributed by atoms with Gasteiger partial charge < -0.3 is 19.5 Å². The van der Waals surface area contributed by atoms with E-state index in [1.165, 1.54) is 22.5 Å². The van der Waals surface area contributed by atoms with E-state index in [9.17, 15) is 19.8 Å². The number of phenolic OH excluding ortho intramolecular Hbond substituents is 1. The van der Waals surface area contributed by atoms with E-state index in [1.54, 1.807) is 29.6 Å². The van der Waals surface area contributed by atoms with E-state index >= 15 is 0 Å². The Morgan fingerprint density at radius 3 is 2.14 bits per heavy atom. The van der Waals surface area contributed by atoms with Crippen molar-refractivity contribution in [2.24, 2.45) is 0 Å². The van der Waals surface area contributed by atoms with Crippen molar-refractivity contribution in [1.82, 2.24) is 4.90 Å². The molecule has 0 bridgehead atoms. The first-order chi connectivity index (χ1) is 16.3. The number of carbonyl (C=O) groups excluding carboxylic acids is 2. The molecular weight excluding hydrogens is 462 g/mol. The Labute approximate surface area is 209 Å². The van der Waals surface area contributed by atoms with Crippen molar-refractivity contribution in [3.8, 4) is 5.75 Å². The molecule has 6 nitrogen and oxygen atoms in total. The van der Waals surface area contributed by atoms with Crippen LogP contribution in [0.3, 0.4) is 0 Å². The maximum atomic E-state index is 13.6. The summed E-state index contributed by atoms with van der Waals surface area (Å²) >= 11 is 1.26. The van der Waals surface area contributed by atoms with Crippen molar-refractivity contribution in [2.75, 3.05) is 0 Å². The molecule has 4 rings (SSSR count). The number of thiophene rings is 1. The summed E-state index contributed by atoms with van der Waals surface area (Å²) in [6, 6.07) is 9.77. The van der Waals surface area contributed by atoms with Crippen LogP contribution in [-0.4, -0.2) is 26.8 Å². The van der Waals surface area contributed by atoms with Gasteiger partial charge in [0, 0.05) is 0 Å². The fourth-order valence-corrected chi connectivity index (χ4v) is 5.14. The van der Waals surface area contributed by atoms with Crippen molar-refractivity contribution in [2.45, 2.75) is 65.0 Å². The number of carbonyl (C=O) groups is 2. The minimum Gasteiger partial charge on any atom is -0.507 e. The molecule has 35 heavy (non-hydrogen) atoms. The molecule has 1 aromatic carbocycles. The van der Waals surface area contributed by atoms with Crippen molar-refractivity contribution in [1.29, 1.82) is 0 Å². The Bertz CT molecular complexity index is 1250. The van der Waals surface area contributed by atoms with E-state index in [0.717, 1.165) is 0 Å². The Morgan fingerprint density at radius 1 is 1.03 bits per heavy atom.